The summed E-state index contributed by atoms with van der Waals surface area (Å²) in [6.07, 6.45) is 1.11. The van der Waals surface area contributed by atoms with E-state index in [-0.39, 0.29) is 12.6 Å². The average molecular weight is 246 g/mol. The number of ketones is 2. The van der Waals surface area contributed by atoms with Gasteiger partial charge >= 0.3 is 5.97 Å². The minimum Gasteiger partial charge on any atom is -0.457 e. The smallest absolute Gasteiger partial charge is 0.305 e. The quantitative estimate of drug-likeness (QED) is 0.457. The summed E-state index contributed by atoms with van der Waals surface area (Å²) in [6, 6.07) is 6.61. The Labute approximate surface area is 103 Å². The molecule has 0 unspecified atom stereocenters. The molecule has 0 amide bonds. The highest BCUT2D eigenvalue weighted by molar-refractivity contribution is 6.50. The zero-order chi connectivity index (χ0) is 13.1. The first-order valence-electron chi connectivity index (χ1n) is 5.25. The van der Waals surface area contributed by atoms with Crippen molar-refractivity contribution >= 4 is 23.3 Å². The van der Waals surface area contributed by atoms with Gasteiger partial charge in [-0.15, -0.1) is 0 Å². The van der Waals surface area contributed by atoms with Crippen LogP contribution in [0, 0.1) is 0 Å². The molecule has 0 saturated heterocycles. The number of Topliss-reactive ketones (excluding diaryl/α,β-unsaturated/α-hetero) is 1. The maximum Gasteiger partial charge on any atom is 0.305 e. The molecule has 0 fully saturated rings. The number of fused-ring (bicyclic) bond motifs is 1. The first-order valence-corrected chi connectivity index (χ1v) is 5.25. The number of hydrogen-bond donors (Lipinski definition) is 0. The number of hydrogen-bond acceptors (Lipinski definition) is 5. The van der Waals surface area contributed by atoms with E-state index in [1.165, 1.54) is 6.92 Å². The van der Waals surface area contributed by atoms with Crippen LogP contribution in [0.5, 0.6) is 0 Å². The lowest BCUT2D eigenvalue weighted by atomic mass is 9.94. The molecule has 2 rings (SSSR count). The minimum atomic E-state index is -0.647. The molecule has 0 saturated carbocycles. The molecule has 0 bridgehead atoms. The Bertz CT molecular complexity index is 556. The molecule has 0 atom stereocenters. The molecule has 1 aromatic rings. The van der Waals surface area contributed by atoms with Crippen LogP contribution in [0.4, 0.5) is 0 Å². The molecular weight excluding hydrogens is 236 g/mol. The van der Waals surface area contributed by atoms with Crippen LogP contribution in [0.25, 0.3) is 5.76 Å². The third kappa shape index (κ3) is 2.29. The van der Waals surface area contributed by atoms with Gasteiger partial charge in [0.15, 0.2) is 0 Å². The van der Waals surface area contributed by atoms with Crippen LogP contribution in [-0.2, 0) is 19.1 Å². The van der Waals surface area contributed by atoms with Crippen LogP contribution >= 0.6 is 0 Å². The van der Waals surface area contributed by atoms with Crippen LogP contribution in [0.15, 0.2) is 30.3 Å². The molecule has 0 spiro atoms. The highest BCUT2D eigenvalue weighted by atomic mass is 16.7. The van der Waals surface area contributed by atoms with Crippen LogP contribution in [0.2, 0.25) is 0 Å². The summed E-state index contributed by atoms with van der Waals surface area (Å²) in [5.74, 6) is -1.46. The highest BCUT2D eigenvalue weighted by Gasteiger charge is 2.26. The Hall–Kier alpha value is -2.43. The second-order valence-corrected chi connectivity index (χ2v) is 3.65. The van der Waals surface area contributed by atoms with Crippen molar-refractivity contribution in [2.75, 3.05) is 6.79 Å². The van der Waals surface area contributed by atoms with Crippen molar-refractivity contribution in [1.82, 2.24) is 0 Å². The summed E-state index contributed by atoms with van der Waals surface area (Å²) < 4.78 is 9.81. The zero-order valence-electron chi connectivity index (χ0n) is 9.64. The number of ether oxygens (including phenoxy) is 2. The van der Waals surface area contributed by atoms with E-state index in [0.29, 0.717) is 11.1 Å². The SMILES string of the molecule is CC(=O)OCOC1=CC(=O)C(=O)c2ccccc21. The second kappa shape index (κ2) is 4.83. The summed E-state index contributed by atoms with van der Waals surface area (Å²) >= 11 is 0. The topological polar surface area (TPSA) is 69.7 Å². The minimum absolute atomic E-state index is 0.233. The van der Waals surface area contributed by atoms with E-state index in [1.54, 1.807) is 24.3 Å². The number of benzene rings is 1. The number of carbonyl (C=O) groups excluding carboxylic acids is 3. The van der Waals surface area contributed by atoms with Crippen molar-refractivity contribution in [2.24, 2.45) is 0 Å². The normalized spacial score (nSPS) is 13.7. The van der Waals surface area contributed by atoms with E-state index in [9.17, 15) is 14.4 Å². The molecule has 5 nitrogen and oxygen atoms in total. The summed E-state index contributed by atoms with van der Waals surface area (Å²) in [4.78, 5) is 33.7. The molecule has 1 aliphatic carbocycles. The van der Waals surface area contributed by atoms with Gasteiger partial charge in [-0.05, 0) is 0 Å². The maximum atomic E-state index is 11.6. The largest absolute Gasteiger partial charge is 0.457 e. The first kappa shape index (κ1) is 12.0. The standard InChI is InChI=1S/C13H10O5/c1-8(14)17-7-18-12-6-11(15)13(16)10-5-3-2-4-9(10)12/h2-6H,7H2,1H3. The third-order valence-electron chi connectivity index (χ3n) is 2.40. The van der Waals surface area contributed by atoms with E-state index < -0.39 is 17.5 Å². The molecule has 5 heteroatoms. The van der Waals surface area contributed by atoms with Crippen molar-refractivity contribution in [2.45, 2.75) is 6.92 Å². The van der Waals surface area contributed by atoms with Gasteiger partial charge < -0.3 is 9.47 Å². The van der Waals surface area contributed by atoms with Crippen LogP contribution < -0.4 is 0 Å². The Morgan fingerprint density at radius 1 is 1.17 bits per heavy atom. The molecule has 0 aromatic heterocycles. The van der Waals surface area contributed by atoms with Gasteiger partial charge in [0, 0.05) is 24.1 Å². The molecule has 0 radical (unpaired) electrons. The zero-order valence-corrected chi connectivity index (χ0v) is 9.64. The number of carbonyl (C=O) groups is 3. The molecule has 92 valence electrons. The van der Waals surface area contributed by atoms with Gasteiger partial charge in [-0.3, -0.25) is 14.4 Å². The van der Waals surface area contributed by atoms with Gasteiger partial charge in [0.2, 0.25) is 18.4 Å². The Balaban J connectivity index is 2.25. The van der Waals surface area contributed by atoms with E-state index >= 15 is 0 Å². The molecule has 1 aliphatic rings. The first-order chi connectivity index (χ1) is 8.59. The third-order valence-corrected chi connectivity index (χ3v) is 2.40. The van der Waals surface area contributed by atoms with Crippen LogP contribution in [0.1, 0.15) is 22.8 Å². The van der Waals surface area contributed by atoms with Gasteiger partial charge in [-0.1, -0.05) is 24.3 Å². The lowest BCUT2D eigenvalue weighted by molar-refractivity contribution is -0.148. The average Bonchev–Trinajstić information content (AvgIpc) is 2.35. The lowest BCUT2D eigenvalue weighted by Crippen LogP contribution is -2.20. The predicted molar refractivity (Wildman–Crippen MR) is 61.5 cm³/mol. The molecular formula is C13H10O5. The maximum absolute atomic E-state index is 11.6. The number of rotatable bonds is 3. The van der Waals surface area contributed by atoms with E-state index in [0.717, 1.165) is 6.08 Å². The summed E-state index contributed by atoms with van der Waals surface area (Å²) in [5.41, 5.74) is 0.817. The summed E-state index contributed by atoms with van der Waals surface area (Å²) in [6.45, 7) is 0.957. The summed E-state index contributed by atoms with van der Waals surface area (Å²) in [7, 11) is 0. The Kier molecular flexibility index (Phi) is 3.23. The van der Waals surface area contributed by atoms with Gasteiger partial charge in [0.1, 0.15) is 5.76 Å². The second-order valence-electron chi connectivity index (χ2n) is 3.65. The van der Waals surface area contributed by atoms with Gasteiger partial charge in [0.25, 0.3) is 0 Å². The number of esters is 1. The fourth-order valence-electron chi connectivity index (χ4n) is 1.59. The molecule has 0 aliphatic heterocycles. The van der Waals surface area contributed by atoms with Crippen molar-refractivity contribution < 1.29 is 23.9 Å². The van der Waals surface area contributed by atoms with E-state index in [1.807, 2.05) is 0 Å². The number of allylic oxidation sites excluding steroid dienone is 1. The van der Waals surface area contributed by atoms with Crippen molar-refractivity contribution in [1.29, 1.82) is 0 Å². The van der Waals surface area contributed by atoms with Crippen molar-refractivity contribution in [3.8, 4) is 0 Å². The van der Waals surface area contributed by atoms with Crippen molar-refractivity contribution in [3.63, 3.8) is 0 Å². The van der Waals surface area contributed by atoms with Crippen LogP contribution in [0.3, 0.4) is 0 Å². The lowest BCUT2D eigenvalue weighted by Gasteiger charge is -2.16. The van der Waals surface area contributed by atoms with E-state index in [2.05, 4.69) is 4.74 Å². The molecule has 18 heavy (non-hydrogen) atoms. The Morgan fingerprint density at radius 2 is 1.83 bits per heavy atom. The molecule has 0 N–H and O–H groups in total. The summed E-state index contributed by atoms with van der Waals surface area (Å²) in [5, 5.41) is 0. The van der Waals surface area contributed by atoms with Gasteiger partial charge in [-0.25, -0.2) is 0 Å². The highest BCUT2D eigenvalue weighted by Crippen LogP contribution is 2.25. The molecule has 0 heterocycles. The Morgan fingerprint density at radius 3 is 2.50 bits per heavy atom. The van der Waals surface area contributed by atoms with Gasteiger partial charge in [0.05, 0.1) is 0 Å². The van der Waals surface area contributed by atoms with Gasteiger partial charge in [-0.2, -0.15) is 0 Å². The fourth-order valence-corrected chi connectivity index (χ4v) is 1.59. The predicted octanol–water partition coefficient (Wildman–Crippen LogP) is 1.33. The fraction of sp³-hybridized carbons (Fsp3) is 0.154. The van der Waals surface area contributed by atoms with E-state index in [4.69, 9.17) is 4.74 Å². The molecule has 1 aromatic carbocycles. The van der Waals surface area contributed by atoms with Crippen molar-refractivity contribution in [3.05, 3.63) is 41.5 Å². The monoisotopic (exact) mass is 246 g/mol. The van der Waals surface area contributed by atoms with Crippen LogP contribution in [-0.4, -0.2) is 24.3 Å².